The van der Waals surface area contributed by atoms with Crippen LogP contribution >= 0.6 is 27.3 Å². The second kappa shape index (κ2) is 6.60. The summed E-state index contributed by atoms with van der Waals surface area (Å²) in [6.45, 7) is 1.92. The van der Waals surface area contributed by atoms with Crippen molar-refractivity contribution in [3.8, 4) is 11.3 Å². The predicted octanol–water partition coefficient (Wildman–Crippen LogP) is 5.27. The van der Waals surface area contributed by atoms with Gasteiger partial charge >= 0.3 is 0 Å². The van der Waals surface area contributed by atoms with Crippen LogP contribution in [-0.4, -0.2) is 10.9 Å². The normalized spacial score (nSPS) is 10.6. The van der Waals surface area contributed by atoms with E-state index in [0.29, 0.717) is 10.7 Å². The SMILES string of the molecule is Cc1sc(NC(=O)c2ccccc2Br)nc1-c1ccc(F)cc1. The van der Waals surface area contributed by atoms with E-state index in [0.717, 1.165) is 20.6 Å². The van der Waals surface area contributed by atoms with Gasteiger partial charge in [-0.1, -0.05) is 12.1 Å². The van der Waals surface area contributed by atoms with E-state index in [9.17, 15) is 9.18 Å². The van der Waals surface area contributed by atoms with Crippen LogP contribution in [0.3, 0.4) is 0 Å². The van der Waals surface area contributed by atoms with E-state index in [1.165, 1.54) is 23.5 Å². The minimum atomic E-state index is -0.288. The monoisotopic (exact) mass is 390 g/mol. The maximum absolute atomic E-state index is 13.0. The second-order valence-corrected chi connectivity index (χ2v) is 6.92. The van der Waals surface area contributed by atoms with Crippen LogP contribution in [0.2, 0.25) is 0 Å². The van der Waals surface area contributed by atoms with Gasteiger partial charge < -0.3 is 0 Å². The molecule has 1 aromatic heterocycles. The molecule has 0 unspecified atom stereocenters. The Morgan fingerprint density at radius 1 is 1.17 bits per heavy atom. The van der Waals surface area contributed by atoms with Crippen molar-refractivity contribution in [2.24, 2.45) is 0 Å². The standard InChI is InChI=1S/C17H12BrFN2OS/c1-10-15(11-6-8-12(19)9-7-11)20-17(23-10)21-16(22)13-4-2-3-5-14(13)18/h2-9H,1H3,(H,20,21,22). The van der Waals surface area contributed by atoms with Gasteiger partial charge in [-0.3, -0.25) is 10.1 Å². The summed E-state index contributed by atoms with van der Waals surface area (Å²) in [5.41, 5.74) is 2.11. The zero-order valence-electron chi connectivity index (χ0n) is 12.1. The Hall–Kier alpha value is -2.05. The summed E-state index contributed by atoms with van der Waals surface area (Å²) in [6.07, 6.45) is 0. The molecule has 1 amide bonds. The van der Waals surface area contributed by atoms with Gasteiger partial charge in [0.25, 0.3) is 5.91 Å². The third kappa shape index (κ3) is 3.48. The highest BCUT2D eigenvalue weighted by Crippen LogP contribution is 2.31. The van der Waals surface area contributed by atoms with E-state index in [1.54, 1.807) is 24.3 Å². The van der Waals surface area contributed by atoms with E-state index >= 15 is 0 Å². The van der Waals surface area contributed by atoms with Crippen LogP contribution in [0, 0.1) is 12.7 Å². The second-order valence-electron chi connectivity index (χ2n) is 4.86. The van der Waals surface area contributed by atoms with Crippen molar-refractivity contribution in [2.45, 2.75) is 6.92 Å². The lowest BCUT2D eigenvalue weighted by molar-refractivity contribution is 0.102. The number of aromatic nitrogens is 1. The minimum Gasteiger partial charge on any atom is -0.298 e. The van der Waals surface area contributed by atoms with Crippen molar-refractivity contribution < 1.29 is 9.18 Å². The Balaban J connectivity index is 1.85. The molecule has 0 atom stereocenters. The Morgan fingerprint density at radius 2 is 1.87 bits per heavy atom. The highest BCUT2D eigenvalue weighted by atomic mass is 79.9. The number of hydrogen-bond acceptors (Lipinski definition) is 3. The van der Waals surface area contributed by atoms with Gasteiger partial charge in [0, 0.05) is 14.9 Å². The molecular weight excluding hydrogens is 379 g/mol. The number of carbonyl (C=O) groups is 1. The summed E-state index contributed by atoms with van der Waals surface area (Å²) in [5.74, 6) is -0.513. The summed E-state index contributed by atoms with van der Waals surface area (Å²) in [4.78, 5) is 17.7. The van der Waals surface area contributed by atoms with E-state index < -0.39 is 0 Å². The van der Waals surface area contributed by atoms with Crippen molar-refractivity contribution in [3.63, 3.8) is 0 Å². The predicted molar refractivity (Wildman–Crippen MR) is 94.3 cm³/mol. The number of nitrogens with one attached hydrogen (secondary N) is 1. The Morgan fingerprint density at radius 3 is 2.57 bits per heavy atom. The van der Waals surface area contributed by atoms with E-state index in [-0.39, 0.29) is 11.7 Å². The number of benzene rings is 2. The topological polar surface area (TPSA) is 42.0 Å². The smallest absolute Gasteiger partial charge is 0.258 e. The van der Waals surface area contributed by atoms with Gasteiger partial charge in [-0.25, -0.2) is 9.37 Å². The number of rotatable bonds is 3. The van der Waals surface area contributed by atoms with Gasteiger partial charge in [0.2, 0.25) is 0 Å². The average molecular weight is 391 g/mol. The van der Waals surface area contributed by atoms with Crippen molar-refractivity contribution in [1.29, 1.82) is 0 Å². The zero-order valence-corrected chi connectivity index (χ0v) is 14.5. The highest BCUT2D eigenvalue weighted by molar-refractivity contribution is 9.10. The molecule has 3 aromatic rings. The molecular formula is C17H12BrFN2OS. The highest BCUT2D eigenvalue weighted by Gasteiger charge is 2.14. The number of nitrogens with zero attached hydrogens (tertiary/aromatic N) is 1. The van der Waals surface area contributed by atoms with Crippen LogP contribution in [0.5, 0.6) is 0 Å². The molecule has 0 aliphatic rings. The Bertz CT molecular complexity index is 861. The van der Waals surface area contributed by atoms with Crippen molar-refractivity contribution >= 4 is 38.3 Å². The fraction of sp³-hybridized carbons (Fsp3) is 0.0588. The van der Waals surface area contributed by atoms with Gasteiger partial charge in [0.15, 0.2) is 5.13 Å². The van der Waals surface area contributed by atoms with E-state index in [4.69, 9.17) is 0 Å². The van der Waals surface area contributed by atoms with Crippen LogP contribution < -0.4 is 5.32 Å². The molecule has 0 fully saturated rings. The van der Waals surface area contributed by atoms with Crippen molar-refractivity contribution in [2.75, 3.05) is 5.32 Å². The lowest BCUT2D eigenvalue weighted by Crippen LogP contribution is -2.12. The lowest BCUT2D eigenvalue weighted by Gasteiger charge is -2.03. The molecule has 0 radical (unpaired) electrons. The van der Waals surface area contributed by atoms with Crippen LogP contribution in [0.1, 0.15) is 15.2 Å². The first-order chi connectivity index (χ1) is 11.0. The number of hydrogen-bond donors (Lipinski definition) is 1. The van der Waals surface area contributed by atoms with E-state index in [2.05, 4.69) is 26.2 Å². The van der Waals surface area contributed by atoms with E-state index in [1.807, 2.05) is 19.1 Å². The molecule has 0 spiro atoms. The third-order valence-corrected chi connectivity index (χ3v) is 4.83. The number of thiazole rings is 1. The Kier molecular flexibility index (Phi) is 4.54. The van der Waals surface area contributed by atoms with Gasteiger partial charge in [-0.05, 0) is 59.3 Å². The van der Waals surface area contributed by atoms with Crippen molar-refractivity contribution in [1.82, 2.24) is 4.98 Å². The zero-order chi connectivity index (χ0) is 16.4. The lowest BCUT2D eigenvalue weighted by atomic mass is 10.1. The molecule has 116 valence electrons. The van der Waals surface area contributed by atoms with Crippen LogP contribution in [0.15, 0.2) is 53.0 Å². The first-order valence-electron chi connectivity index (χ1n) is 6.84. The third-order valence-electron chi connectivity index (χ3n) is 3.25. The summed E-state index contributed by atoms with van der Waals surface area (Å²) in [5, 5.41) is 3.32. The molecule has 3 rings (SSSR count). The number of amides is 1. The maximum atomic E-state index is 13.0. The molecule has 6 heteroatoms. The van der Waals surface area contributed by atoms with Gasteiger partial charge in [-0.15, -0.1) is 11.3 Å². The molecule has 0 aliphatic carbocycles. The number of halogens is 2. The van der Waals surface area contributed by atoms with Crippen LogP contribution in [-0.2, 0) is 0 Å². The molecule has 0 saturated carbocycles. The molecule has 1 heterocycles. The molecule has 0 bridgehead atoms. The molecule has 1 N–H and O–H groups in total. The molecule has 3 nitrogen and oxygen atoms in total. The quantitative estimate of drug-likeness (QED) is 0.661. The molecule has 0 aliphatic heterocycles. The number of aryl methyl sites for hydroxylation is 1. The molecule has 23 heavy (non-hydrogen) atoms. The first-order valence-corrected chi connectivity index (χ1v) is 8.45. The Labute approximate surface area is 145 Å². The van der Waals surface area contributed by atoms with Gasteiger partial charge in [-0.2, -0.15) is 0 Å². The van der Waals surface area contributed by atoms with Crippen LogP contribution in [0.25, 0.3) is 11.3 Å². The fourth-order valence-corrected chi connectivity index (χ4v) is 3.43. The molecule has 2 aromatic carbocycles. The minimum absolute atomic E-state index is 0.225. The average Bonchev–Trinajstić information content (AvgIpc) is 2.89. The van der Waals surface area contributed by atoms with Crippen molar-refractivity contribution in [3.05, 3.63) is 69.3 Å². The summed E-state index contributed by atoms with van der Waals surface area (Å²) in [7, 11) is 0. The number of carbonyl (C=O) groups excluding carboxylic acids is 1. The fourth-order valence-electron chi connectivity index (χ4n) is 2.14. The molecule has 0 saturated heterocycles. The summed E-state index contributed by atoms with van der Waals surface area (Å²) < 4.78 is 13.8. The van der Waals surface area contributed by atoms with Crippen LogP contribution in [0.4, 0.5) is 9.52 Å². The van der Waals surface area contributed by atoms with Gasteiger partial charge in [0.1, 0.15) is 5.82 Å². The number of anilines is 1. The van der Waals surface area contributed by atoms with Gasteiger partial charge in [0.05, 0.1) is 11.3 Å². The maximum Gasteiger partial charge on any atom is 0.258 e. The summed E-state index contributed by atoms with van der Waals surface area (Å²) >= 11 is 4.75. The first kappa shape index (κ1) is 15.8. The largest absolute Gasteiger partial charge is 0.298 e. The summed E-state index contributed by atoms with van der Waals surface area (Å²) in [6, 6.07) is 13.3.